The second-order valence-corrected chi connectivity index (χ2v) is 2.63. The molecule has 0 aliphatic rings. The Bertz CT molecular complexity index is 409. The van der Waals surface area contributed by atoms with Gasteiger partial charge in [0.1, 0.15) is 23.2 Å². The molecule has 0 radical (unpaired) electrons. The van der Waals surface area contributed by atoms with Gasteiger partial charge in [-0.3, -0.25) is 0 Å². The van der Waals surface area contributed by atoms with Gasteiger partial charge in [-0.15, -0.1) is 0 Å². The van der Waals surface area contributed by atoms with Crippen LogP contribution in [-0.2, 0) is 11.2 Å². The van der Waals surface area contributed by atoms with E-state index in [0.29, 0.717) is 5.76 Å². The molecule has 4 heteroatoms. The van der Waals surface area contributed by atoms with E-state index >= 15 is 0 Å². The monoisotopic (exact) mass is 191 g/mol. The molecule has 1 N–H and O–H groups in total. The van der Waals surface area contributed by atoms with Crippen molar-refractivity contribution in [1.82, 2.24) is 0 Å². The number of furan rings is 1. The Kier molecular flexibility index (Phi) is 3.08. The molecule has 14 heavy (non-hydrogen) atoms. The number of carbonyl (C=O) groups is 1. The third-order valence-electron chi connectivity index (χ3n) is 1.67. The van der Waals surface area contributed by atoms with Gasteiger partial charge in [0.2, 0.25) is 0 Å². The van der Waals surface area contributed by atoms with Crippen LogP contribution in [0, 0.1) is 11.3 Å². The summed E-state index contributed by atoms with van der Waals surface area (Å²) in [4.78, 5) is 10.5. The van der Waals surface area contributed by atoms with Crippen molar-refractivity contribution in [2.45, 2.75) is 13.3 Å². The Morgan fingerprint density at radius 1 is 1.71 bits per heavy atom. The fourth-order valence-electron chi connectivity index (χ4n) is 0.946. The average Bonchev–Trinajstić information content (AvgIpc) is 2.61. The fraction of sp³-hybridized carbons (Fsp3) is 0.200. The van der Waals surface area contributed by atoms with Crippen LogP contribution in [0.15, 0.2) is 22.1 Å². The van der Waals surface area contributed by atoms with Crippen molar-refractivity contribution < 1.29 is 14.3 Å². The van der Waals surface area contributed by atoms with Gasteiger partial charge in [-0.2, -0.15) is 5.26 Å². The summed E-state index contributed by atoms with van der Waals surface area (Å²) >= 11 is 0. The van der Waals surface area contributed by atoms with Crippen LogP contribution in [0.1, 0.15) is 18.4 Å². The first-order chi connectivity index (χ1) is 6.67. The maximum Gasteiger partial charge on any atom is 0.346 e. The quantitative estimate of drug-likeness (QED) is 0.584. The second-order valence-electron chi connectivity index (χ2n) is 2.63. The third kappa shape index (κ3) is 2.23. The molecule has 0 atom stereocenters. The summed E-state index contributed by atoms with van der Waals surface area (Å²) in [5.74, 6) is -0.0957. The van der Waals surface area contributed by atoms with E-state index < -0.39 is 5.97 Å². The molecule has 1 aromatic heterocycles. The van der Waals surface area contributed by atoms with Gasteiger partial charge in [0.05, 0.1) is 0 Å². The summed E-state index contributed by atoms with van der Waals surface area (Å²) in [7, 11) is 0. The van der Waals surface area contributed by atoms with Gasteiger partial charge in [0, 0.05) is 12.5 Å². The fourth-order valence-corrected chi connectivity index (χ4v) is 0.946. The van der Waals surface area contributed by atoms with Gasteiger partial charge in [0.15, 0.2) is 0 Å². The minimum atomic E-state index is -1.25. The maximum absolute atomic E-state index is 10.5. The maximum atomic E-state index is 10.5. The highest BCUT2D eigenvalue weighted by Crippen LogP contribution is 2.12. The summed E-state index contributed by atoms with van der Waals surface area (Å²) in [6, 6.07) is 4.97. The van der Waals surface area contributed by atoms with Crippen molar-refractivity contribution >= 4 is 12.0 Å². The number of rotatable bonds is 3. The zero-order valence-electron chi connectivity index (χ0n) is 7.65. The van der Waals surface area contributed by atoms with Crippen LogP contribution in [0.4, 0.5) is 0 Å². The number of hydrogen-bond donors (Lipinski definition) is 1. The first-order valence-electron chi connectivity index (χ1n) is 4.11. The Hall–Kier alpha value is -2.02. The second kappa shape index (κ2) is 4.28. The Labute approximate surface area is 81.1 Å². The highest BCUT2D eigenvalue weighted by atomic mass is 16.4. The molecule has 0 bridgehead atoms. The van der Waals surface area contributed by atoms with Crippen molar-refractivity contribution in [3.05, 3.63) is 29.2 Å². The largest absolute Gasteiger partial charge is 0.477 e. The lowest BCUT2D eigenvalue weighted by atomic mass is 10.2. The van der Waals surface area contributed by atoms with Crippen molar-refractivity contribution in [2.24, 2.45) is 0 Å². The Morgan fingerprint density at radius 2 is 2.43 bits per heavy atom. The van der Waals surface area contributed by atoms with E-state index in [-0.39, 0.29) is 5.57 Å². The van der Waals surface area contributed by atoms with Crippen molar-refractivity contribution in [3.63, 3.8) is 0 Å². The minimum Gasteiger partial charge on any atom is -0.477 e. The number of aryl methyl sites for hydroxylation is 1. The molecule has 1 heterocycles. The molecular weight excluding hydrogens is 182 g/mol. The van der Waals surface area contributed by atoms with Crippen LogP contribution >= 0.6 is 0 Å². The van der Waals surface area contributed by atoms with Gasteiger partial charge < -0.3 is 9.52 Å². The summed E-state index contributed by atoms with van der Waals surface area (Å²) in [6.07, 6.45) is 1.95. The van der Waals surface area contributed by atoms with Gasteiger partial charge in [-0.05, 0) is 12.1 Å². The SMILES string of the molecule is CCc1ccc(/C=C(/C#N)C(=O)O)o1. The number of carboxylic acids is 1. The predicted octanol–water partition coefficient (Wildman–Crippen LogP) is 1.83. The molecule has 1 rings (SSSR count). The van der Waals surface area contributed by atoms with E-state index in [1.807, 2.05) is 6.92 Å². The van der Waals surface area contributed by atoms with Crippen LogP contribution in [0.5, 0.6) is 0 Å². The Balaban J connectivity index is 2.96. The summed E-state index contributed by atoms with van der Waals surface area (Å²) in [5.41, 5.74) is -0.331. The molecule has 0 spiro atoms. The van der Waals surface area contributed by atoms with Crippen molar-refractivity contribution in [2.75, 3.05) is 0 Å². The molecule has 0 fully saturated rings. The molecule has 0 unspecified atom stereocenters. The van der Waals surface area contributed by atoms with E-state index in [2.05, 4.69) is 0 Å². The van der Waals surface area contributed by atoms with Crippen molar-refractivity contribution in [3.8, 4) is 6.07 Å². The molecule has 0 amide bonds. The molecule has 0 aliphatic carbocycles. The molecule has 72 valence electrons. The van der Waals surface area contributed by atoms with Gasteiger partial charge in [-0.25, -0.2) is 4.79 Å². The number of aliphatic carboxylic acids is 1. The highest BCUT2D eigenvalue weighted by Gasteiger charge is 2.07. The smallest absolute Gasteiger partial charge is 0.346 e. The number of nitrogens with zero attached hydrogens (tertiary/aromatic N) is 1. The van der Waals surface area contributed by atoms with Crippen LogP contribution in [-0.4, -0.2) is 11.1 Å². The summed E-state index contributed by atoms with van der Waals surface area (Å²) in [5, 5.41) is 17.0. The molecule has 0 saturated carbocycles. The lowest BCUT2D eigenvalue weighted by molar-refractivity contribution is -0.132. The molecule has 0 aliphatic heterocycles. The van der Waals surface area contributed by atoms with Crippen molar-refractivity contribution in [1.29, 1.82) is 5.26 Å². The number of nitriles is 1. The molecule has 0 aromatic carbocycles. The topological polar surface area (TPSA) is 74.2 Å². The average molecular weight is 191 g/mol. The van der Waals surface area contributed by atoms with E-state index in [9.17, 15) is 4.79 Å². The lowest BCUT2D eigenvalue weighted by Crippen LogP contribution is -1.96. The van der Waals surface area contributed by atoms with Gasteiger partial charge in [0.25, 0.3) is 0 Å². The predicted molar refractivity (Wildman–Crippen MR) is 49.3 cm³/mol. The van der Waals surface area contributed by atoms with Crippen LogP contribution in [0.25, 0.3) is 6.08 Å². The molecule has 1 aromatic rings. The van der Waals surface area contributed by atoms with Crippen LogP contribution < -0.4 is 0 Å². The van der Waals surface area contributed by atoms with Gasteiger partial charge >= 0.3 is 5.97 Å². The third-order valence-corrected chi connectivity index (χ3v) is 1.67. The summed E-state index contributed by atoms with van der Waals surface area (Å²) < 4.78 is 5.22. The van der Waals surface area contributed by atoms with E-state index in [4.69, 9.17) is 14.8 Å². The number of carboxylic acid groups (broad SMARTS) is 1. The van der Waals surface area contributed by atoms with Crippen LogP contribution in [0.2, 0.25) is 0 Å². The minimum absolute atomic E-state index is 0.331. The molecule has 0 saturated heterocycles. The van der Waals surface area contributed by atoms with Gasteiger partial charge in [-0.1, -0.05) is 6.92 Å². The Morgan fingerprint density at radius 3 is 2.86 bits per heavy atom. The standard InChI is InChI=1S/C10H9NO3/c1-2-8-3-4-9(14-8)5-7(6-11)10(12)13/h3-5H,2H2,1H3,(H,12,13)/b7-5-. The van der Waals surface area contributed by atoms with E-state index in [0.717, 1.165) is 12.2 Å². The molecular formula is C10H9NO3. The first-order valence-corrected chi connectivity index (χ1v) is 4.11. The normalized spacial score (nSPS) is 11.0. The van der Waals surface area contributed by atoms with E-state index in [1.54, 1.807) is 18.2 Å². The zero-order valence-corrected chi connectivity index (χ0v) is 7.65. The number of hydrogen-bond acceptors (Lipinski definition) is 3. The first kappa shape index (κ1) is 10.1. The zero-order chi connectivity index (χ0) is 10.6. The van der Waals surface area contributed by atoms with Crippen LogP contribution in [0.3, 0.4) is 0 Å². The summed E-state index contributed by atoms with van der Waals surface area (Å²) in [6.45, 7) is 1.93. The van der Waals surface area contributed by atoms with E-state index in [1.165, 1.54) is 6.08 Å². The lowest BCUT2D eigenvalue weighted by Gasteiger charge is -1.89. The molecule has 4 nitrogen and oxygen atoms in total. The highest BCUT2D eigenvalue weighted by molar-refractivity contribution is 5.96.